The van der Waals surface area contributed by atoms with Gasteiger partial charge in [-0.05, 0) is 12.1 Å². The Kier molecular flexibility index (Phi) is 2.51. The second kappa shape index (κ2) is 3.60. The lowest BCUT2D eigenvalue weighted by atomic mass is 10.5. The molecule has 0 spiro atoms. The summed E-state index contributed by atoms with van der Waals surface area (Å²) in [7, 11) is 0. The van der Waals surface area contributed by atoms with E-state index in [1.807, 2.05) is 5.53 Å². The average molecular weight is 169 g/mol. The summed E-state index contributed by atoms with van der Waals surface area (Å²) in [5, 5.41) is 16.2. The molecule has 64 valence electrons. The van der Waals surface area contributed by atoms with Gasteiger partial charge in [0.05, 0.1) is 0 Å². The van der Waals surface area contributed by atoms with Crippen LogP contribution in [0.3, 0.4) is 0 Å². The largest absolute Gasteiger partial charge is 0.464 e. The molecule has 0 saturated heterocycles. The minimum Gasteiger partial charge on any atom is -0.464 e. The third-order valence-electron chi connectivity index (χ3n) is 1.11. The van der Waals surface area contributed by atoms with E-state index in [1.54, 1.807) is 6.07 Å². The lowest BCUT2D eigenvalue weighted by molar-refractivity contribution is 0.198. The molecule has 0 fully saturated rings. The molecule has 1 rings (SSSR count). The van der Waals surface area contributed by atoms with Gasteiger partial charge in [-0.25, -0.2) is 4.79 Å². The summed E-state index contributed by atoms with van der Waals surface area (Å²) in [5.74, 6) is 5.05. The standard InChI is InChI=1S/C5H7N5O2/c6-9-10(5(11)12)4-2-1-3-7-8-4/h1-3,9H,6H2,(H,11,12). The third-order valence-corrected chi connectivity index (χ3v) is 1.11. The van der Waals surface area contributed by atoms with Gasteiger partial charge in [0.1, 0.15) is 0 Å². The van der Waals surface area contributed by atoms with Crippen molar-refractivity contribution in [3.8, 4) is 0 Å². The Morgan fingerprint density at radius 1 is 1.75 bits per heavy atom. The molecule has 0 saturated carbocycles. The van der Waals surface area contributed by atoms with Crippen LogP contribution in [0.4, 0.5) is 10.6 Å². The topological polar surface area (TPSA) is 104 Å². The van der Waals surface area contributed by atoms with Crippen LogP contribution in [0.5, 0.6) is 0 Å². The number of anilines is 1. The maximum atomic E-state index is 10.4. The summed E-state index contributed by atoms with van der Waals surface area (Å²) < 4.78 is 0. The first-order valence-electron chi connectivity index (χ1n) is 3.02. The fourth-order valence-electron chi connectivity index (χ4n) is 0.632. The molecule has 0 unspecified atom stereocenters. The zero-order valence-electron chi connectivity index (χ0n) is 6.01. The molecule has 1 aromatic rings. The number of hydrogen-bond donors (Lipinski definition) is 3. The number of carboxylic acid groups (broad SMARTS) is 1. The van der Waals surface area contributed by atoms with Crippen molar-refractivity contribution in [1.82, 2.24) is 15.7 Å². The van der Waals surface area contributed by atoms with E-state index in [2.05, 4.69) is 10.2 Å². The Bertz CT molecular complexity index is 264. The van der Waals surface area contributed by atoms with Gasteiger partial charge in [0, 0.05) is 6.20 Å². The smallest absolute Gasteiger partial charge is 0.429 e. The van der Waals surface area contributed by atoms with Gasteiger partial charge in [-0.1, -0.05) is 0 Å². The molecular formula is C5H7N5O2. The normalized spacial score (nSPS) is 9.42. The second-order valence-corrected chi connectivity index (χ2v) is 1.83. The van der Waals surface area contributed by atoms with Crippen molar-refractivity contribution in [2.75, 3.05) is 5.01 Å². The first-order chi connectivity index (χ1) is 5.75. The maximum absolute atomic E-state index is 10.4. The SMILES string of the molecule is NNN(C(=O)O)c1cccnn1. The molecule has 1 aromatic heterocycles. The summed E-state index contributed by atoms with van der Waals surface area (Å²) in [5.41, 5.74) is 1.95. The summed E-state index contributed by atoms with van der Waals surface area (Å²) in [4.78, 5) is 10.4. The molecule has 0 radical (unpaired) electrons. The highest BCUT2D eigenvalue weighted by molar-refractivity contribution is 5.83. The van der Waals surface area contributed by atoms with Crippen molar-refractivity contribution in [3.05, 3.63) is 18.3 Å². The Morgan fingerprint density at radius 3 is 2.92 bits per heavy atom. The molecular weight excluding hydrogens is 162 g/mol. The number of nitrogens with zero attached hydrogens (tertiary/aromatic N) is 3. The van der Waals surface area contributed by atoms with Crippen LogP contribution < -0.4 is 16.4 Å². The minimum absolute atomic E-state index is 0.118. The number of carbonyl (C=O) groups is 1. The number of hydrogen-bond acceptors (Lipinski definition) is 5. The summed E-state index contributed by atoms with van der Waals surface area (Å²) >= 11 is 0. The van der Waals surface area contributed by atoms with Crippen molar-refractivity contribution in [3.63, 3.8) is 0 Å². The van der Waals surface area contributed by atoms with Crippen LogP contribution in [-0.4, -0.2) is 21.4 Å². The Hall–Kier alpha value is -1.73. The number of hydrazine groups is 2. The molecule has 0 aliphatic carbocycles. The molecule has 0 atom stereocenters. The Balaban J connectivity index is 2.88. The molecule has 0 aliphatic heterocycles. The van der Waals surface area contributed by atoms with Crippen LogP contribution in [-0.2, 0) is 0 Å². The number of amides is 1. The maximum Gasteiger partial charge on any atom is 0.429 e. The van der Waals surface area contributed by atoms with Gasteiger partial charge >= 0.3 is 6.09 Å². The van der Waals surface area contributed by atoms with Gasteiger partial charge < -0.3 is 5.11 Å². The van der Waals surface area contributed by atoms with Crippen molar-refractivity contribution in [2.24, 2.45) is 5.84 Å². The summed E-state index contributed by atoms with van der Waals surface area (Å²) in [6, 6.07) is 3.01. The van der Waals surface area contributed by atoms with Crippen LogP contribution in [0.15, 0.2) is 18.3 Å². The molecule has 1 heterocycles. The van der Waals surface area contributed by atoms with Crippen molar-refractivity contribution in [2.45, 2.75) is 0 Å². The van der Waals surface area contributed by atoms with Gasteiger partial charge in [0.2, 0.25) is 0 Å². The van der Waals surface area contributed by atoms with Crippen LogP contribution in [0.1, 0.15) is 0 Å². The van der Waals surface area contributed by atoms with Gasteiger partial charge in [-0.2, -0.15) is 15.6 Å². The molecule has 7 nitrogen and oxygen atoms in total. The highest BCUT2D eigenvalue weighted by atomic mass is 16.4. The highest BCUT2D eigenvalue weighted by Crippen LogP contribution is 2.03. The first kappa shape index (κ1) is 8.37. The van der Waals surface area contributed by atoms with Gasteiger partial charge in [0.15, 0.2) is 5.82 Å². The molecule has 4 N–H and O–H groups in total. The van der Waals surface area contributed by atoms with E-state index in [4.69, 9.17) is 10.9 Å². The second-order valence-electron chi connectivity index (χ2n) is 1.83. The first-order valence-corrected chi connectivity index (χ1v) is 3.02. The van der Waals surface area contributed by atoms with E-state index in [1.165, 1.54) is 12.3 Å². The zero-order valence-corrected chi connectivity index (χ0v) is 6.01. The van der Waals surface area contributed by atoms with Crippen molar-refractivity contribution < 1.29 is 9.90 Å². The van der Waals surface area contributed by atoms with E-state index in [-0.39, 0.29) is 5.82 Å². The van der Waals surface area contributed by atoms with Crippen LogP contribution in [0.25, 0.3) is 0 Å². The van der Waals surface area contributed by atoms with E-state index < -0.39 is 6.09 Å². The molecule has 0 aliphatic rings. The molecule has 12 heavy (non-hydrogen) atoms. The van der Waals surface area contributed by atoms with Crippen LogP contribution in [0, 0.1) is 0 Å². The van der Waals surface area contributed by atoms with Gasteiger partial charge in [0.25, 0.3) is 0 Å². The number of nitrogens with one attached hydrogen (secondary N) is 1. The van der Waals surface area contributed by atoms with Crippen molar-refractivity contribution in [1.29, 1.82) is 0 Å². The summed E-state index contributed by atoms with van der Waals surface area (Å²) in [6.45, 7) is 0. The van der Waals surface area contributed by atoms with E-state index >= 15 is 0 Å². The monoisotopic (exact) mass is 169 g/mol. The highest BCUT2D eigenvalue weighted by Gasteiger charge is 2.13. The molecule has 0 aromatic carbocycles. The van der Waals surface area contributed by atoms with Crippen molar-refractivity contribution >= 4 is 11.9 Å². The van der Waals surface area contributed by atoms with E-state index in [0.29, 0.717) is 5.01 Å². The lowest BCUT2D eigenvalue weighted by Crippen LogP contribution is -2.47. The molecule has 1 amide bonds. The minimum atomic E-state index is -1.25. The number of rotatable bonds is 2. The fourth-order valence-corrected chi connectivity index (χ4v) is 0.632. The lowest BCUT2D eigenvalue weighted by Gasteiger charge is -2.13. The summed E-state index contributed by atoms with van der Waals surface area (Å²) in [6.07, 6.45) is 0.179. The van der Waals surface area contributed by atoms with Gasteiger partial charge in [-0.15, -0.1) is 5.10 Å². The van der Waals surface area contributed by atoms with E-state index in [0.717, 1.165) is 0 Å². The average Bonchev–Trinajstić information content (AvgIpc) is 2.07. The number of nitrogens with two attached hydrogens (primary N) is 1. The Morgan fingerprint density at radius 2 is 2.50 bits per heavy atom. The molecule has 0 bridgehead atoms. The fraction of sp³-hybridized carbons (Fsp3) is 0. The number of aromatic nitrogens is 2. The van der Waals surface area contributed by atoms with Crippen LogP contribution >= 0.6 is 0 Å². The zero-order chi connectivity index (χ0) is 8.97. The predicted octanol–water partition coefficient (Wildman–Crippen LogP) is -0.661. The van der Waals surface area contributed by atoms with Gasteiger partial charge in [-0.3, -0.25) is 5.84 Å². The van der Waals surface area contributed by atoms with E-state index in [9.17, 15) is 4.79 Å². The third kappa shape index (κ3) is 1.65. The van der Waals surface area contributed by atoms with Crippen LogP contribution in [0.2, 0.25) is 0 Å². The Labute approximate surface area is 67.7 Å². The quantitative estimate of drug-likeness (QED) is 0.401. The molecule has 7 heteroatoms. The predicted molar refractivity (Wildman–Crippen MR) is 39.9 cm³/mol.